The molecule has 0 saturated heterocycles. The summed E-state index contributed by atoms with van der Waals surface area (Å²) >= 11 is 0. The van der Waals surface area contributed by atoms with Gasteiger partial charge in [-0.15, -0.1) is 0 Å². The van der Waals surface area contributed by atoms with Gasteiger partial charge < -0.3 is 14.6 Å². The summed E-state index contributed by atoms with van der Waals surface area (Å²) in [5.74, 6) is -0.741. The molecule has 1 fully saturated rings. The zero-order valence-corrected chi connectivity index (χ0v) is 14.0. The highest BCUT2D eigenvalue weighted by atomic mass is 19.1. The predicted molar refractivity (Wildman–Crippen MR) is 86.8 cm³/mol. The summed E-state index contributed by atoms with van der Waals surface area (Å²) in [5, 5.41) is 9.40. The Morgan fingerprint density at radius 2 is 2.12 bits per heavy atom. The summed E-state index contributed by atoms with van der Waals surface area (Å²) in [6.45, 7) is 2.19. The fraction of sp³-hybridized carbons (Fsp3) is 0.389. The average Bonchev–Trinajstić information content (AvgIpc) is 3.31. The summed E-state index contributed by atoms with van der Waals surface area (Å²) < 4.78 is 24.2. The first-order chi connectivity index (χ1) is 12.0. The Hall–Kier alpha value is -2.54. The molecule has 1 aromatic heterocycles. The number of aromatic nitrogens is 2. The topological polar surface area (TPSA) is 81.5 Å². The van der Waals surface area contributed by atoms with Gasteiger partial charge in [-0.2, -0.15) is 0 Å². The number of benzene rings is 1. The van der Waals surface area contributed by atoms with Crippen LogP contribution in [0.25, 0.3) is 0 Å². The summed E-state index contributed by atoms with van der Waals surface area (Å²) in [7, 11) is 1.56. The van der Waals surface area contributed by atoms with Crippen molar-refractivity contribution < 1.29 is 23.8 Å². The second-order valence-corrected chi connectivity index (χ2v) is 6.21. The van der Waals surface area contributed by atoms with E-state index in [0.29, 0.717) is 23.7 Å². The van der Waals surface area contributed by atoms with E-state index >= 15 is 0 Å². The molecule has 1 N–H and O–H groups in total. The Bertz CT molecular complexity index is 781. The van der Waals surface area contributed by atoms with Gasteiger partial charge in [0.2, 0.25) is 0 Å². The van der Waals surface area contributed by atoms with Crippen LogP contribution in [0.2, 0.25) is 0 Å². The summed E-state index contributed by atoms with van der Waals surface area (Å²) in [6.07, 6.45) is 2.01. The van der Waals surface area contributed by atoms with E-state index in [0.717, 1.165) is 5.56 Å². The zero-order chi connectivity index (χ0) is 18.0. The van der Waals surface area contributed by atoms with E-state index in [2.05, 4.69) is 9.97 Å². The Balaban J connectivity index is 1.84. The maximum Gasteiger partial charge on any atom is 0.307 e. The molecular weight excluding hydrogens is 327 g/mol. The molecule has 2 atom stereocenters. The fourth-order valence-corrected chi connectivity index (χ4v) is 3.05. The minimum absolute atomic E-state index is 0.152. The van der Waals surface area contributed by atoms with Crippen molar-refractivity contribution in [1.29, 1.82) is 0 Å². The predicted octanol–water partition coefficient (Wildman–Crippen LogP) is 2.49. The molecule has 1 aliphatic carbocycles. The van der Waals surface area contributed by atoms with Crippen LogP contribution in [0.15, 0.2) is 30.5 Å². The van der Waals surface area contributed by atoms with Crippen LogP contribution in [0.5, 0.6) is 5.75 Å². The number of hydrogen-bond donors (Lipinski definition) is 1. The SMILES string of the molecule is COCc1nc(C)ncc1OC[C@@]1(c2ccc(F)cc2)C[C@H]1C(=O)O. The number of ether oxygens (including phenoxy) is 2. The van der Waals surface area contributed by atoms with Crippen LogP contribution >= 0.6 is 0 Å². The van der Waals surface area contributed by atoms with Crippen LogP contribution in [-0.2, 0) is 21.6 Å². The highest BCUT2D eigenvalue weighted by Gasteiger charge is 2.60. The number of hydrogen-bond acceptors (Lipinski definition) is 5. The quantitative estimate of drug-likeness (QED) is 0.829. The summed E-state index contributed by atoms with van der Waals surface area (Å²) in [4.78, 5) is 19.9. The molecule has 132 valence electrons. The maximum atomic E-state index is 13.2. The van der Waals surface area contributed by atoms with Gasteiger partial charge in [-0.1, -0.05) is 12.1 Å². The molecule has 1 saturated carbocycles. The minimum atomic E-state index is -0.884. The van der Waals surface area contributed by atoms with Crippen LogP contribution in [0.1, 0.15) is 23.5 Å². The van der Waals surface area contributed by atoms with Gasteiger partial charge in [0.05, 0.1) is 25.3 Å². The molecule has 2 aromatic rings. The first kappa shape index (κ1) is 17.3. The van der Waals surface area contributed by atoms with E-state index < -0.39 is 17.3 Å². The van der Waals surface area contributed by atoms with Crippen LogP contribution in [0, 0.1) is 18.7 Å². The monoisotopic (exact) mass is 346 g/mol. The molecule has 0 unspecified atom stereocenters. The number of halogens is 1. The van der Waals surface area contributed by atoms with Gasteiger partial charge in [0.15, 0.2) is 5.75 Å². The lowest BCUT2D eigenvalue weighted by Gasteiger charge is -2.19. The van der Waals surface area contributed by atoms with Crippen LogP contribution in [-0.4, -0.2) is 34.8 Å². The van der Waals surface area contributed by atoms with Crippen molar-refractivity contribution in [3.8, 4) is 5.75 Å². The van der Waals surface area contributed by atoms with Crippen molar-refractivity contribution in [2.75, 3.05) is 13.7 Å². The largest absolute Gasteiger partial charge is 0.489 e. The van der Waals surface area contributed by atoms with Gasteiger partial charge in [0.25, 0.3) is 0 Å². The number of rotatable bonds is 7. The lowest BCUT2D eigenvalue weighted by Crippen LogP contribution is -2.24. The average molecular weight is 346 g/mol. The van der Waals surface area contributed by atoms with Crippen molar-refractivity contribution in [2.45, 2.75) is 25.4 Å². The second-order valence-electron chi connectivity index (χ2n) is 6.21. The highest BCUT2D eigenvalue weighted by molar-refractivity contribution is 5.77. The third-order valence-electron chi connectivity index (χ3n) is 4.51. The van der Waals surface area contributed by atoms with E-state index in [1.807, 2.05) is 0 Å². The molecule has 7 heteroatoms. The van der Waals surface area contributed by atoms with Crippen molar-refractivity contribution in [3.63, 3.8) is 0 Å². The standard InChI is InChI=1S/C18H19FN2O4/c1-11-20-8-16(15(21-11)9-24-2)25-10-18(7-14(18)17(22)23)12-3-5-13(19)6-4-12/h3-6,8,14H,7,9-10H2,1-2H3,(H,22,23)/t14-,18+/m0/s1. The number of aliphatic carboxylic acids is 1. The number of carboxylic acids is 1. The van der Waals surface area contributed by atoms with E-state index in [4.69, 9.17) is 9.47 Å². The van der Waals surface area contributed by atoms with Gasteiger partial charge in [-0.25, -0.2) is 14.4 Å². The van der Waals surface area contributed by atoms with Gasteiger partial charge in [0, 0.05) is 12.5 Å². The Morgan fingerprint density at radius 1 is 1.40 bits per heavy atom. The molecular formula is C18H19FN2O4. The first-order valence-electron chi connectivity index (χ1n) is 7.89. The number of aryl methyl sites for hydroxylation is 1. The Morgan fingerprint density at radius 3 is 2.72 bits per heavy atom. The number of carbonyl (C=O) groups is 1. The Kier molecular flexibility index (Phi) is 4.67. The van der Waals surface area contributed by atoms with E-state index in [-0.39, 0.29) is 19.0 Å². The van der Waals surface area contributed by atoms with E-state index in [1.165, 1.54) is 12.1 Å². The van der Waals surface area contributed by atoms with Crippen LogP contribution in [0.4, 0.5) is 4.39 Å². The van der Waals surface area contributed by atoms with E-state index in [9.17, 15) is 14.3 Å². The summed E-state index contributed by atoms with van der Waals surface area (Å²) in [6, 6.07) is 5.89. The smallest absolute Gasteiger partial charge is 0.307 e. The van der Waals surface area contributed by atoms with Gasteiger partial charge >= 0.3 is 5.97 Å². The normalized spacial score (nSPS) is 21.8. The van der Waals surface area contributed by atoms with Crippen LogP contribution in [0.3, 0.4) is 0 Å². The third-order valence-corrected chi connectivity index (χ3v) is 4.51. The minimum Gasteiger partial charge on any atom is -0.489 e. The molecule has 0 aliphatic heterocycles. The second kappa shape index (κ2) is 6.76. The molecule has 1 heterocycles. The molecule has 3 rings (SSSR count). The zero-order valence-electron chi connectivity index (χ0n) is 14.0. The lowest BCUT2D eigenvalue weighted by atomic mass is 9.94. The van der Waals surface area contributed by atoms with Gasteiger partial charge in [0.1, 0.15) is 17.3 Å². The van der Waals surface area contributed by atoms with Gasteiger partial charge in [-0.05, 0) is 31.0 Å². The third kappa shape index (κ3) is 3.46. The van der Waals surface area contributed by atoms with Gasteiger partial charge in [-0.3, -0.25) is 4.79 Å². The molecule has 1 aliphatic rings. The number of methoxy groups -OCH3 is 1. The van der Waals surface area contributed by atoms with E-state index in [1.54, 1.807) is 32.4 Å². The van der Waals surface area contributed by atoms with Crippen molar-refractivity contribution in [2.24, 2.45) is 5.92 Å². The molecule has 1 aromatic carbocycles. The van der Waals surface area contributed by atoms with Crippen molar-refractivity contribution in [3.05, 3.63) is 53.4 Å². The molecule has 0 bridgehead atoms. The lowest BCUT2D eigenvalue weighted by molar-refractivity contribution is -0.139. The highest BCUT2D eigenvalue weighted by Crippen LogP contribution is 2.54. The van der Waals surface area contributed by atoms with Crippen molar-refractivity contribution in [1.82, 2.24) is 9.97 Å². The fourth-order valence-electron chi connectivity index (χ4n) is 3.05. The summed E-state index contributed by atoms with van der Waals surface area (Å²) in [5.41, 5.74) is 0.689. The molecule has 0 spiro atoms. The maximum absolute atomic E-state index is 13.2. The number of carboxylic acid groups (broad SMARTS) is 1. The molecule has 6 nitrogen and oxygen atoms in total. The van der Waals surface area contributed by atoms with Crippen molar-refractivity contribution >= 4 is 5.97 Å². The molecule has 0 radical (unpaired) electrons. The van der Waals surface area contributed by atoms with Crippen LogP contribution < -0.4 is 4.74 Å². The molecule has 25 heavy (non-hydrogen) atoms. The first-order valence-corrected chi connectivity index (χ1v) is 7.89. The number of nitrogens with zero attached hydrogens (tertiary/aromatic N) is 2. The molecule has 0 amide bonds. The Labute approximate surface area is 144 Å².